The van der Waals surface area contributed by atoms with E-state index in [2.05, 4.69) is 105 Å². The lowest BCUT2D eigenvalue weighted by Crippen LogP contribution is -2.40. The third-order valence-electron chi connectivity index (χ3n) is 5.41. The number of hydrogen-bond acceptors (Lipinski definition) is 3. The lowest BCUT2D eigenvalue weighted by atomic mass is 10.1. The van der Waals surface area contributed by atoms with Crippen LogP contribution in [-0.4, -0.2) is 19.8 Å². The molecular weight excluding hydrogens is 416 g/mol. The van der Waals surface area contributed by atoms with Gasteiger partial charge in [0, 0.05) is 10.5 Å². The smallest absolute Gasteiger partial charge is 0.192 e. The molecule has 0 fully saturated rings. The molecule has 0 aliphatic heterocycles. The van der Waals surface area contributed by atoms with Crippen LogP contribution < -0.4 is 5.32 Å². The molecule has 0 spiro atoms. The Labute approximate surface area is 174 Å². The predicted molar refractivity (Wildman–Crippen MR) is 120 cm³/mol. The highest BCUT2D eigenvalue weighted by Gasteiger charge is 2.37. The number of halogens is 1. The summed E-state index contributed by atoms with van der Waals surface area (Å²) in [7, 11) is -1.75. The maximum Gasteiger partial charge on any atom is 0.192 e. The molecule has 0 saturated carbocycles. The number of pyridine rings is 1. The number of nitrogens with one attached hydrogen (secondary N) is 1. The molecule has 1 aromatic carbocycles. The lowest BCUT2D eigenvalue weighted by molar-refractivity contribution is 0.271. The van der Waals surface area contributed by atoms with E-state index in [1.807, 2.05) is 0 Å². The molecule has 1 N–H and O–H groups in total. The van der Waals surface area contributed by atoms with Gasteiger partial charge in [0.05, 0.1) is 18.0 Å². The molecule has 1 unspecified atom stereocenters. The zero-order chi connectivity index (χ0) is 20.1. The van der Waals surface area contributed by atoms with E-state index in [4.69, 9.17) is 9.41 Å². The van der Waals surface area contributed by atoms with Gasteiger partial charge in [-0.15, -0.1) is 0 Å². The minimum absolute atomic E-state index is 0.213. The van der Waals surface area contributed by atoms with Gasteiger partial charge in [-0.05, 0) is 67.9 Å². The van der Waals surface area contributed by atoms with Crippen molar-refractivity contribution in [1.82, 2.24) is 10.3 Å². The van der Waals surface area contributed by atoms with Gasteiger partial charge < -0.3 is 9.74 Å². The van der Waals surface area contributed by atoms with Gasteiger partial charge in [0.1, 0.15) is 0 Å². The summed E-state index contributed by atoms with van der Waals surface area (Å²) in [4.78, 5) is 4.82. The summed E-state index contributed by atoms with van der Waals surface area (Å²) in [6.07, 6.45) is 0.998. The second-order valence-corrected chi connectivity index (χ2v) is 14.4. The van der Waals surface area contributed by atoms with E-state index in [0.717, 1.165) is 28.8 Å². The third-order valence-corrected chi connectivity index (χ3v) is 10.4. The van der Waals surface area contributed by atoms with Crippen LogP contribution in [0.1, 0.15) is 50.7 Å². The van der Waals surface area contributed by atoms with Gasteiger partial charge in [0.15, 0.2) is 8.32 Å². The summed E-state index contributed by atoms with van der Waals surface area (Å²) in [6.45, 7) is 15.0. The Hall–Kier alpha value is -1.01. The second-order valence-electron chi connectivity index (χ2n) is 8.66. The molecule has 0 bridgehead atoms. The van der Waals surface area contributed by atoms with Crippen LogP contribution in [0.15, 0.2) is 46.9 Å². The van der Waals surface area contributed by atoms with E-state index in [-0.39, 0.29) is 11.1 Å². The molecular formula is C22H33BrN2OSi. The van der Waals surface area contributed by atoms with E-state index in [1.54, 1.807) is 0 Å². The average Bonchev–Trinajstić information content (AvgIpc) is 2.59. The first-order valence-electron chi connectivity index (χ1n) is 9.66. The van der Waals surface area contributed by atoms with Crippen LogP contribution >= 0.6 is 15.9 Å². The topological polar surface area (TPSA) is 34.1 Å². The fourth-order valence-electron chi connectivity index (χ4n) is 2.52. The van der Waals surface area contributed by atoms with Crippen molar-refractivity contribution in [2.24, 2.45) is 0 Å². The quantitative estimate of drug-likeness (QED) is 0.483. The van der Waals surface area contributed by atoms with Crippen LogP contribution in [0.3, 0.4) is 0 Å². The third kappa shape index (κ3) is 6.82. The van der Waals surface area contributed by atoms with Gasteiger partial charge in [0.25, 0.3) is 0 Å². The summed E-state index contributed by atoms with van der Waals surface area (Å²) in [5, 5.41) is 3.79. The highest BCUT2D eigenvalue weighted by atomic mass is 79.9. The summed E-state index contributed by atoms with van der Waals surface area (Å²) in [5.41, 5.74) is 3.41. The Morgan fingerprint density at radius 1 is 1.15 bits per heavy atom. The van der Waals surface area contributed by atoms with Crippen LogP contribution in [-0.2, 0) is 17.5 Å². The Balaban J connectivity index is 1.90. The highest BCUT2D eigenvalue weighted by molar-refractivity contribution is 9.10. The van der Waals surface area contributed by atoms with Crippen LogP contribution in [0.25, 0.3) is 0 Å². The van der Waals surface area contributed by atoms with E-state index in [1.165, 1.54) is 5.56 Å². The first-order chi connectivity index (χ1) is 12.6. The number of aromatic nitrogens is 1. The van der Waals surface area contributed by atoms with Crippen molar-refractivity contribution in [1.29, 1.82) is 0 Å². The minimum atomic E-state index is -1.75. The van der Waals surface area contributed by atoms with E-state index in [0.29, 0.717) is 6.61 Å². The van der Waals surface area contributed by atoms with Crippen molar-refractivity contribution >= 4 is 24.2 Å². The first kappa shape index (κ1) is 22.3. The van der Waals surface area contributed by atoms with Gasteiger partial charge in [-0.2, -0.15) is 0 Å². The summed E-state index contributed by atoms with van der Waals surface area (Å²) < 4.78 is 7.45. The van der Waals surface area contributed by atoms with Gasteiger partial charge in [0.2, 0.25) is 0 Å². The Morgan fingerprint density at radius 3 is 2.52 bits per heavy atom. The van der Waals surface area contributed by atoms with Gasteiger partial charge in [-0.1, -0.05) is 54.9 Å². The van der Waals surface area contributed by atoms with Crippen LogP contribution in [0.2, 0.25) is 18.1 Å². The monoisotopic (exact) mass is 448 g/mol. The van der Waals surface area contributed by atoms with Crippen LogP contribution in [0.4, 0.5) is 0 Å². The Morgan fingerprint density at radius 2 is 1.85 bits per heavy atom. The van der Waals surface area contributed by atoms with E-state index >= 15 is 0 Å². The van der Waals surface area contributed by atoms with Crippen LogP contribution in [0.5, 0.6) is 0 Å². The second kappa shape index (κ2) is 9.46. The fraction of sp³-hybridized carbons (Fsp3) is 0.500. The van der Waals surface area contributed by atoms with Crippen LogP contribution in [0, 0.1) is 0 Å². The van der Waals surface area contributed by atoms with Gasteiger partial charge in [-0.3, -0.25) is 4.98 Å². The maximum atomic E-state index is 6.32. The predicted octanol–water partition coefficient (Wildman–Crippen LogP) is 6.26. The molecule has 5 heteroatoms. The zero-order valence-electron chi connectivity index (χ0n) is 17.5. The summed E-state index contributed by atoms with van der Waals surface area (Å²) in [6, 6.07) is 14.9. The molecule has 3 nitrogen and oxygen atoms in total. The SMILES string of the molecule is CC(NCCc1cccc(Br)c1)c1cccc(CO[Si](C)(C)C(C)(C)C)n1. The number of nitrogens with zero attached hydrogens (tertiary/aromatic N) is 1. The molecule has 1 aromatic heterocycles. The van der Waals surface area contributed by atoms with Crippen molar-refractivity contribution < 1.29 is 4.43 Å². The largest absolute Gasteiger partial charge is 0.411 e. The first-order valence-corrected chi connectivity index (χ1v) is 13.4. The Kier molecular flexibility index (Phi) is 7.80. The summed E-state index contributed by atoms with van der Waals surface area (Å²) >= 11 is 3.53. The summed E-state index contributed by atoms with van der Waals surface area (Å²) in [5.74, 6) is 0. The number of hydrogen-bond donors (Lipinski definition) is 1. The van der Waals surface area contributed by atoms with E-state index < -0.39 is 8.32 Å². The molecule has 2 rings (SSSR count). The molecule has 0 saturated heterocycles. The molecule has 1 atom stereocenters. The molecule has 0 aliphatic rings. The average molecular weight is 450 g/mol. The maximum absolute atomic E-state index is 6.32. The van der Waals surface area contributed by atoms with E-state index in [9.17, 15) is 0 Å². The van der Waals surface area contributed by atoms with Gasteiger partial charge in [-0.25, -0.2) is 0 Å². The molecule has 0 amide bonds. The normalized spacial score (nSPS) is 13.6. The van der Waals surface area contributed by atoms with Crippen molar-refractivity contribution in [2.75, 3.05) is 6.54 Å². The van der Waals surface area contributed by atoms with Crippen molar-refractivity contribution in [3.63, 3.8) is 0 Å². The number of benzene rings is 1. The molecule has 0 radical (unpaired) electrons. The van der Waals surface area contributed by atoms with Gasteiger partial charge >= 0.3 is 0 Å². The highest BCUT2D eigenvalue weighted by Crippen LogP contribution is 2.37. The molecule has 2 aromatic rings. The molecule has 1 heterocycles. The fourth-order valence-corrected chi connectivity index (χ4v) is 3.91. The Bertz CT molecular complexity index is 743. The zero-order valence-corrected chi connectivity index (χ0v) is 20.1. The van der Waals surface area contributed by atoms with Crippen molar-refractivity contribution in [2.45, 2.75) is 64.9 Å². The minimum Gasteiger partial charge on any atom is -0.411 e. The lowest BCUT2D eigenvalue weighted by Gasteiger charge is -2.36. The molecule has 27 heavy (non-hydrogen) atoms. The molecule has 148 valence electrons. The van der Waals surface area contributed by atoms with Crippen molar-refractivity contribution in [3.05, 3.63) is 63.9 Å². The number of rotatable bonds is 8. The van der Waals surface area contributed by atoms with Crippen molar-refractivity contribution in [3.8, 4) is 0 Å². The standard InChI is InChI=1S/C22H33BrN2OSi/c1-17(24-14-13-18-9-7-10-19(23)15-18)21-12-8-11-20(25-21)16-26-27(5,6)22(2,3)4/h7-12,15,17,24H,13-14,16H2,1-6H3. The molecule has 0 aliphatic carbocycles.